The number of aromatic nitrogens is 4. The second kappa shape index (κ2) is 11.2. The number of hydrogen-bond acceptors (Lipinski definition) is 4. The quantitative estimate of drug-likeness (QED) is 0.181. The first kappa shape index (κ1) is 30.2. The van der Waals surface area contributed by atoms with E-state index in [0.29, 0.717) is 17.6 Å². The van der Waals surface area contributed by atoms with Crippen LogP contribution in [0.5, 0.6) is 0 Å². The van der Waals surface area contributed by atoms with E-state index in [9.17, 15) is 0 Å². The van der Waals surface area contributed by atoms with Crippen molar-refractivity contribution in [3.8, 4) is 51.0 Å². The summed E-state index contributed by atoms with van der Waals surface area (Å²) < 4.78 is 4.91. The summed E-state index contributed by atoms with van der Waals surface area (Å²) in [6.07, 6.45) is 0. The maximum absolute atomic E-state index is 5.42. The zero-order chi connectivity index (χ0) is 36.5. The van der Waals surface area contributed by atoms with E-state index in [2.05, 4.69) is 174 Å². The smallest absolute Gasteiger partial charge is 0.238 e. The molecule has 0 spiro atoms. The van der Waals surface area contributed by atoms with Crippen LogP contribution in [0.2, 0.25) is 0 Å². The molecule has 0 fully saturated rings. The molecule has 12 aromatic rings. The Labute approximate surface area is 324 Å². The van der Waals surface area contributed by atoms with Crippen LogP contribution in [0.3, 0.4) is 0 Å². The van der Waals surface area contributed by atoms with Crippen molar-refractivity contribution in [2.75, 3.05) is 0 Å². The molecule has 0 bridgehead atoms. The van der Waals surface area contributed by atoms with Crippen molar-refractivity contribution in [3.05, 3.63) is 170 Å². The molecule has 3 aromatic heterocycles. The molecule has 258 valence electrons. The highest BCUT2D eigenvalue weighted by Crippen LogP contribution is 2.52. The predicted molar refractivity (Wildman–Crippen MR) is 235 cm³/mol. The Morgan fingerprint density at radius 1 is 0.357 bits per heavy atom. The number of nitrogens with zero attached hydrogens (tertiary/aromatic N) is 4. The first-order valence-electron chi connectivity index (χ1n) is 18.9. The molecule has 1 aliphatic carbocycles. The van der Waals surface area contributed by atoms with Gasteiger partial charge in [-0.05, 0) is 85.6 Å². The molecular weight excluding hydrogens is 701 g/mol. The average molecular weight is 729 g/mol. The molecule has 1 aliphatic rings. The van der Waals surface area contributed by atoms with Gasteiger partial charge in [-0.25, -0.2) is 4.98 Å². The summed E-state index contributed by atoms with van der Waals surface area (Å²) in [5.41, 5.74) is 8.98. The van der Waals surface area contributed by atoms with Crippen LogP contribution in [0.25, 0.3) is 125 Å². The lowest BCUT2D eigenvalue weighted by Gasteiger charge is -2.13. The SMILES string of the molecule is c1ccc(-c2ccc3c(-c4nc(-c5ccc6ccccc6c5)nc(-n5c6cccc7c6c6c8c(ccc9sc%10cccc-7c%10c98)ccc65)n4)cccc3c2)cc1. The Morgan fingerprint density at radius 3 is 1.96 bits per heavy atom. The van der Waals surface area contributed by atoms with Gasteiger partial charge >= 0.3 is 0 Å². The lowest BCUT2D eigenvalue weighted by atomic mass is 9.98. The molecule has 0 saturated heterocycles. The minimum Gasteiger partial charge on any atom is -0.278 e. The molecule has 13 rings (SSSR count). The molecular formula is C51H28N4S. The normalized spacial score (nSPS) is 12.3. The van der Waals surface area contributed by atoms with Gasteiger partial charge in [0.15, 0.2) is 11.6 Å². The fraction of sp³-hybridized carbons (Fsp3) is 0. The highest BCUT2D eigenvalue weighted by Gasteiger charge is 2.26. The van der Waals surface area contributed by atoms with Crippen molar-refractivity contribution in [1.29, 1.82) is 0 Å². The Kier molecular flexibility index (Phi) is 6.01. The van der Waals surface area contributed by atoms with Crippen molar-refractivity contribution < 1.29 is 0 Å². The summed E-state index contributed by atoms with van der Waals surface area (Å²) in [5, 5.41) is 12.3. The minimum absolute atomic E-state index is 0.601. The largest absolute Gasteiger partial charge is 0.278 e. The van der Waals surface area contributed by atoms with Crippen LogP contribution in [0.4, 0.5) is 0 Å². The van der Waals surface area contributed by atoms with Crippen molar-refractivity contribution in [2.24, 2.45) is 0 Å². The van der Waals surface area contributed by atoms with E-state index in [1.165, 1.54) is 69.4 Å². The Bertz CT molecular complexity index is 3650. The average Bonchev–Trinajstić information content (AvgIpc) is 3.78. The monoisotopic (exact) mass is 728 g/mol. The summed E-state index contributed by atoms with van der Waals surface area (Å²) in [6, 6.07) is 61.1. The van der Waals surface area contributed by atoms with E-state index in [0.717, 1.165) is 38.3 Å². The maximum atomic E-state index is 5.42. The van der Waals surface area contributed by atoms with Crippen LogP contribution < -0.4 is 0 Å². The van der Waals surface area contributed by atoms with E-state index in [1.807, 2.05) is 11.3 Å². The van der Waals surface area contributed by atoms with E-state index < -0.39 is 0 Å². The van der Waals surface area contributed by atoms with E-state index >= 15 is 0 Å². The topological polar surface area (TPSA) is 43.6 Å². The number of hydrogen-bond donors (Lipinski definition) is 0. The molecule has 4 nitrogen and oxygen atoms in total. The Balaban J connectivity index is 1.13. The van der Waals surface area contributed by atoms with Crippen molar-refractivity contribution in [2.45, 2.75) is 0 Å². The number of fused-ring (bicyclic) bond motifs is 3. The van der Waals surface area contributed by atoms with Gasteiger partial charge in [0.1, 0.15) is 0 Å². The highest BCUT2D eigenvalue weighted by molar-refractivity contribution is 7.26. The molecule has 0 aliphatic heterocycles. The van der Waals surface area contributed by atoms with Crippen LogP contribution in [0.1, 0.15) is 0 Å². The van der Waals surface area contributed by atoms with Crippen LogP contribution in [-0.4, -0.2) is 19.5 Å². The van der Waals surface area contributed by atoms with Crippen LogP contribution in [-0.2, 0) is 0 Å². The fourth-order valence-electron chi connectivity index (χ4n) is 9.27. The van der Waals surface area contributed by atoms with Crippen molar-refractivity contribution in [1.82, 2.24) is 19.5 Å². The zero-order valence-electron chi connectivity index (χ0n) is 29.9. The van der Waals surface area contributed by atoms with Gasteiger partial charge in [-0.1, -0.05) is 133 Å². The van der Waals surface area contributed by atoms with Gasteiger partial charge < -0.3 is 0 Å². The van der Waals surface area contributed by atoms with E-state index in [1.54, 1.807) is 0 Å². The number of rotatable bonds is 4. The molecule has 0 radical (unpaired) electrons. The first-order valence-corrected chi connectivity index (χ1v) is 19.8. The fourth-order valence-corrected chi connectivity index (χ4v) is 10.4. The van der Waals surface area contributed by atoms with Crippen molar-refractivity contribution >= 4 is 85.6 Å². The van der Waals surface area contributed by atoms with Crippen LogP contribution >= 0.6 is 11.3 Å². The second-order valence-electron chi connectivity index (χ2n) is 14.8. The third-order valence-electron chi connectivity index (χ3n) is 11.7. The van der Waals surface area contributed by atoms with Crippen molar-refractivity contribution in [3.63, 3.8) is 0 Å². The van der Waals surface area contributed by atoms with Gasteiger partial charge in [-0.15, -0.1) is 11.3 Å². The zero-order valence-corrected chi connectivity index (χ0v) is 30.7. The summed E-state index contributed by atoms with van der Waals surface area (Å²) in [5.74, 6) is 1.88. The summed E-state index contributed by atoms with van der Waals surface area (Å²) in [7, 11) is 0. The van der Waals surface area contributed by atoms with E-state index in [4.69, 9.17) is 15.0 Å². The van der Waals surface area contributed by atoms with Gasteiger partial charge in [0.05, 0.1) is 11.0 Å². The van der Waals surface area contributed by atoms with Gasteiger partial charge in [0.2, 0.25) is 5.95 Å². The third-order valence-corrected chi connectivity index (χ3v) is 12.9. The van der Waals surface area contributed by atoms with E-state index in [-0.39, 0.29) is 0 Å². The molecule has 56 heavy (non-hydrogen) atoms. The number of thiophene rings is 1. The molecule has 0 saturated carbocycles. The van der Waals surface area contributed by atoms with Gasteiger partial charge in [-0.3, -0.25) is 4.57 Å². The van der Waals surface area contributed by atoms with Gasteiger partial charge in [0.25, 0.3) is 0 Å². The molecule has 3 heterocycles. The van der Waals surface area contributed by atoms with Crippen LogP contribution in [0, 0.1) is 0 Å². The second-order valence-corrected chi connectivity index (χ2v) is 15.8. The Hall–Kier alpha value is -7.21. The molecule has 9 aromatic carbocycles. The first-order chi connectivity index (χ1) is 27.7. The van der Waals surface area contributed by atoms with Gasteiger partial charge in [0, 0.05) is 47.5 Å². The lowest BCUT2D eigenvalue weighted by molar-refractivity contribution is 0.955. The maximum Gasteiger partial charge on any atom is 0.238 e. The van der Waals surface area contributed by atoms with Crippen LogP contribution in [0.15, 0.2) is 170 Å². The summed E-state index contributed by atoms with van der Waals surface area (Å²) >= 11 is 1.88. The predicted octanol–water partition coefficient (Wildman–Crippen LogP) is 13.8. The molecule has 0 N–H and O–H groups in total. The summed E-state index contributed by atoms with van der Waals surface area (Å²) in [4.78, 5) is 16.1. The molecule has 0 unspecified atom stereocenters. The molecule has 5 heteroatoms. The lowest BCUT2D eigenvalue weighted by Crippen LogP contribution is -2.06. The highest BCUT2D eigenvalue weighted by atomic mass is 32.1. The minimum atomic E-state index is 0.601. The Morgan fingerprint density at radius 2 is 1.04 bits per heavy atom. The van der Waals surface area contributed by atoms with Gasteiger partial charge in [-0.2, -0.15) is 9.97 Å². The molecule has 0 amide bonds. The summed E-state index contributed by atoms with van der Waals surface area (Å²) in [6.45, 7) is 0. The standard InChI is InChI=1S/C51H28N4S/c1-2-9-29(10-3-1)33-21-24-36-34(27-33)13-6-16-39(36)50-52-49(35-20-19-30-11-4-5-12-32(30)28-35)53-51(54-50)55-40-17-7-14-37-38-15-8-18-42-46(38)48-43(56-42)26-23-31-22-25-41(55)47(44(31)48)45(37)40/h1-28H. The number of benzene rings is 9. The molecule has 0 atom stereocenters. The third kappa shape index (κ3) is 4.15.